The first kappa shape index (κ1) is 12.7. The van der Waals surface area contributed by atoms with Gasteiger partial charge in [0, 0.05) is 6.92 Å². The summed E-state index contributed by atoms with van der Waals surface area (Å²) in [6, 6.07) is 0. The van der Waals surface area contributed by atoms with Crippen LogP contribution in [0.5, 0.6) is 0 Å². The van der Waals surface area contributed by atoms with Gasteiger partial charge in [0.05, 0.1) is 13.1 Å². The van der Waals surface area contributed by atoms with Crippen molar-refractivity contribution < 1.29 is 16.9 Å². The van der Waals surface area contributed by atoms with E-state index in [1.54, 1.807) is 0 Å². The number of nitrogens with zero attached hydrogens (tertiary/aromatic N) is 1. The van der Waals surface area contributed by atoms with Crippen molar-refractivity contribution in [1.29, 1.82) is 0 Å². The van der Waals surface area contributed by atoms with Gasteiger partial charge in [-0.05, 0) is 25.5 Å². The highest BCUT2D eigenvalue weighted by molar-refractivity contribution is 5.11. The van der Waals surface area contributed by atoms with Crippen LogP contribution in [0, 0.1) is 0 Å². The lowest BCUT2D eigenvalue weighted by molar-refractivity contribution is -0.837. The van der Waals surface area contributed by atoms with Gasteiger partial charge in [-0.1, -0.05) is 13.3 Å². The monoisotopic (exact) mass is 201 g/mol. The Balaban J connectivity index is 0.00000144. The molecule has 1 rings (SSSR count). The average Bonchev–Trinajstić information content (AvgIpc) is 2.45. The Kier molecular flexibility index (Phi) is 5.34. The van der Waals surface area contributed by atoms with Crippen molar-refractivity contribution in [2.75, 3.05) is 13.1 Å². The molecule has 1 heterocycles. The molecule has 1 aliphatic rings. The Labute approximate surface area is 88.1 Å². The summed E-state index contributed by atoms with van der Waals surface area (Å²) in [4.78, 5) is 0. The fourth-order valence-electron chi connectivity index (χ4n) is 1.82. The topological polar surface area (TPSA) is 0 Å². The predicted molar refractivity (Wildman–Crippen MR) is 53.5 cm³/mol. The Morgan fingerprint density at radius 3 is 2.38 bits per heavy atom. The summed E-state index contributed by atoms with van der Waals surface area (Å²) in [5.74, 6) is 0. The normalized spacial score (nSPS) is 25.6. The Morgan fingerprint density at radius 1 is 1.31 bits per heavy atom. The molecule has 0 bridgehead atoms. The average molecular weight is 202 g/mol. The van der Waals surface area contributed by atoms with E-state index in [4.69, 9.17) is 0 Å². The van der Waals surface area contributed by atoms with E-state index in [9.17, 15) is 0 Å². The van der Waals surface area contributed by atoms with Crippen LogP contribution in [0.1, 0.15) is 33.6 Å². The van der Waals surface area contributed by atoms with E-state index in [-0.39, 0.29) is 12.4 Å². The largest absolute Gasteiger partial charge is 1.00 e. The van der Waals surface area contributed by atoms with Crippen LogP contribution in [0.3, 0.4) is 0 Å². The highest BCUT2D eigenvalue weighted by Gasteiger charge is 2.27. The van der Waals surface area contributed by atoms with Crippen molar-refractivity contribution in [3.63, 3.8) is 0 Å². The standard InChI is InChI=1S/C11H20N.ClH/c1-4-6-9-12(5-2)10-7-8-11(12)3;/h7-8,10H,4-6,9H2,1-3H3;1H/q+1;/p-1. The van der Waals surface area contributed by atoms with Gasteiger partial charge in [0.15, 0.2) is 0 Å². The zero-order valence-electron chi connectivity index (χ0n) is 8.89. The van der Waals surface area contributed by atoms with Crippen molar-refractivity contribution >= 4 is 0 Å². The van der Waals surface area contributed by atoms with Gasteiger partial charge in [0.25, 0.3) is 0 Å². The van der Waals surface area contributed by atoms with Crippen LogP contribution in [0.2, 0.25) is 0 Å². The molecule has 0 saturated heterocycles. The summed E-state index contributed by atoms with van der Waals surface area (Å²) in [6.45, 7) is 9.22. The quantitative estimate of drug-likeness (QED) is 0.565. The fraction of sp³-hybridized carbons (Fsp3) is 0.636. The number of halogens is 1. The second-order valence-corrected chi connectivity index (χ2v) is 3.58. The third kappa shape index (κ3) is 2.58. The van der Waals surface area contributed by atoms with Gasteiger partial charge in [-0.15, -0.1) is 0 Å². The molecule has 0 fully saturated rings. The van der Waals surface area contributed by atoms with Gasteiger partial charge < -0.3 is 12.4 Å². The first-order chi connectivity index (χ1) is 5.75. The molecule has 13 heavy (non-hydrogen) atoms. The second kappa shape index (κ2) is 5.46. The van der Waals surface area contributed by atoms with Gasteiger partial charge in [0.1, 0.15) is 11.9 Å². The van der Waals surface area contributed by atoms with Crippen molar-refractivity contribution in [3.05, 3.63) is 24.0 Å². The molecule has 0 N–H and O–H groups in total. The molecule has 2 heteroatoms. The van der Waals surface area contributed by atoms with Crippen molar-refractivity contribution in [1.82, 2.24) is 0 Å². The summed E-state index contributed by atoms with van der Waals surface area (Å²) in [6.07, 6.45) is 9.36. The molecule has 1 aliphatic heterocycles. The van der Waals surface area contributed by atoms with Gasteiger partial charge in [-0.3, -0.25) is 4.48 Å². The van der Waals surface area contributed by atoms with Crippen LogP contribution < -0.4 is 12.4 Å². The van der Waals surface area contributed by atoms with Crippen LogP contribution >= 0.6 is 0 Å². The van der Waals surface area contributed by atoms with Crippen molar-refractivity contribution in [2.45, 2.75) is 33.6 Å². The first-order valence-electron chi connectivity index (χ1n) is 4.98. The van der Waals surface area contributed by atoms with E-state index in [0.717, 1.165) is 4.48 Å². The van der Waals surface area contributed by atoms with E-state index in [0.29, 0.717) is 0 Å². The lowest BCUT2D eigenvalue weighted by atomic mass is 10.2. The molecule has 1 atom stereocenters. The summed E-state index contributed by atoms with van der Waals surface area (Å²) in [5.41, 5.74) is 1.49. The smallest absolute Gasteiger partial charge is 0.110 e. The maximum Gasteiger partial charge on any atom is 0.110 e. The third-order valence-corrected chi connectivity index (χ3v) is 2.89. The maximum atomic E-state index is 2.32. The molecule has 0 aromatic heterocycles. The molecule has 0 aliphatic carbocycles. The van der Waals surface area contributed by atoms with Gasteiger partial charge in [-0.2, -0.15) is 0 Å². The Morgan fingerprint density at radius 2 is 2.00 bits per heavy atom. The summed E-state index contributed by atoms with van der Waals surface area (Å²) >= 11 is 0. The lowest BCUT2D eigenvalue weighted by Crippen LogP contribution is -3.00. The fourth-order valence-corrected chi connectivity index (χ4v) is 1.82. The molecule has 0 aromatic rings. The number of hydrogen-bond donors (Lipinski definition) is 0. The predicted octanol–water partition coefficient (Wildman–Crippen LogP) is 0.0583. The zero-order valence-corrected chi connectivity index (χ0v) is 9.64. The van der Waals surface area contributed by atoms with Crippen LogP contribution in [-0.4, -0.2) is 17.6 Å². The first-order valence-corrected chi connectivity index (χ1v) is 4.98. The molecule has 0 saturated carbocycles. The number of hydrogen-bond acceptors (Lipinski definition) is 0. The molecular formula is C11H20ClN. The Hall–Kier alpha value is -0.270. The van der Waals surface area contributed by atoms with Crippen molar-refractivity contribution in [3.8, 4) is 0 Å². The van der Waals surface area contributed by atoms with Crippen LogP contribution in [0.25, 0.3) is 0 Å². The summed E-state index contributed by atoms with van der Waals surface area (Å²) in [7, 11) is 0. The van der Waals surface area contributed by atoms with Crippen molar-refractivity contribution in [2.24, 2.45) is 0 Å². The van der Waals surface area contributed by atoms with Crippen LogP contribution in [0.15, 0.2) is 24.0 Å². The van der Waals surface area contributed by atoms with E-state index in [1.165, 1.54) is 31.6 Å². The van der Waals surface area contributed by atoms with E-state index in [1.807, 2.05) is 0 Å². The second-order valence-electron chi connectivity index (χ2n) is 3.58. The highest BCUT2D eigenvalue weighted by atomic mass is 35.5. The van der Waals surface area contributed by atoms with E-state index in [2.05, 4.69) is 39.1 Å². The zero-order chi connectivity index (χ0) is 9.03. The molecule has 0 radical (unpaired) electrons. The molecule has 76 valence electrons. The number of allylic oxidation sites excluding steroid dienone is 3. The SMILES string of the molecule is CCCC[N+]1(CC)C=CC=C1C.[Cl-]. The van der Waals surface area contributed by atoms with E-state index < -0.39 is 0 Å². The molecule has 1 nitrogen and oxygen atoms in total. The van der Waals surface area contributed by atoms with Gasteiger partial charge >= 0.3 is 0 Å². The van der Waals surface area contributed by atoms with Crippen LogP contribution in [0.4, 0.5) is 0 Å². The molecular weight excluding hydrogens is 182 g/mol. The minimum atomic E-state index is 0. The van der Waals surface area contributed by atoms with Gasteiger partial charge in [-0.25, -0.2) is 0 Å². The Bertz CT molecular complexity index is 208. The highest BCUT2D eigenvalue weighted by Crippen LogP contribution is 2.24. The summed E-state index contributed by atoms with van der Waals surface area (Å²) in [5, 5.41) is 0. The minimum absolute atomic E-state index is 0. The van der Waals surface area contributed by atoms with Crippen LogP contribution in [-0.2, 0) is 0 Å². The molecule has 0 amide bonds. The minimum Gasteiger partial charge on any atom is -1.00 e. The number of quaternary nitrogens is 1. The maximum absolute atomic E-state index is 2.32. The lowest BCUT2D eigenvalue weighted by Gasteiger charge is -2.31. The number of unbranched alkanes of at least 4 members (excludes halogenated alkanes) is 1. The molecule has 0 spiro atoms. The van der Waals surface area contributed by atoms with E-state index >= 15 is 0 Å². The summed E-state index contributed by atoms with van der Waals surface area (Å²) < 4.78 is 1.09. The van der Waals surface area contributed by atoms with Gasteiger partial charge in [0.2, 0.25) is 0 Å². The third-order valence-electron chi connectivity index (χ3n) is 2.89. The molecule has 1 unspecified atom stereocenters. The number of rotatable bonds is 4. The molecule has 0 aromatic carbocycles.